The van der Waals surface area contributed by atoms with Gasteiger partial charge in [-0.15, -0.1) is 0 Å². The minimum absolute atomic E-state index is 0.0610. The van der Waals surface area contributed by atoms with E-state index in [0.29, 0.717) is 19.3 Å². The van der Waals surface area contributed by atoms with E-state index in [4.69, 9.17) is 14.2 Å². The fourth-order valence-electron chi connectivity index (χ4n) is 10.1. The minimum Gasteiger partial charge on any atom is -0.462 e. The molecule has 422 valence electrons. The monoisotopic (exact) mass is 1000 g/mol. The number of esters is 3. The van der Waals surface area contributed by atoms with Gasteiger partial charge in [-0.05, 0) is 25.2 Å². The normalized spacial score (nSPS) is 12.3. The van der Waals surface area contributed by atoms with E-state index in [0.717, 1.165) is 63.7 Å². The molecule has 0 aliphatic carbocycles. The van der Waals surface area contributed by atoms with Crippen LogP contribution in [-0.2, 0) is 28.6 Å². The molecule has 0 aromatic heterocycles. The van der Waals surface area contributed by atoms with Gasteiger partial charge in [0.05, 0.1) is 0 Å². The largest absolute Gasteiger partial charge is 0.462 e. The number of rotatable bonds is 60. The molecule has 0 rings (SSSR count). The second-order valence-corrected chi connectivity index (χ2v) is 22.6. The molecule has 1 unspecified atom stereocenters. The lowest BCUT2D eigenvalue weighted by molar-refractivity contribution is -0.167. The standard InChI is InChI=1S/C65H126O6/c1-5-8-10-12-14-16-18-20-21-22-26-29-33-37-41-45-49-53-57-64(67)70-60-62(59-69-63(66)56-52-48-44-40-36-31-19-17-15-13-11-9-6-2)71-65(68)58-54-50-46-42-38-34-30-27-24-23-25-28-32-35-39-43-47-51-55-61(4)7-3/h61-62H,5-60H2,1-4H3/t61?,62-/m1/s1. The summed E-state index contributed by atoms with van der Waals surface area (Å²) in [6, 6.07) is 0. The Morgan fingerprint density at radius 2 is 0.493 bits per heavy atom. The van der Waals surface area contributed by atoms with Crippen molar-refractivity contribution in [3.05, 3.63) is 0 Å². The van der Waals surface area contributed by atoms with E-state index in [1.54, 1.807) is 0 Å². The summed E-state index contributed by atoms with van der Waals surface area (Å²) in [6.45, 7) is 9.13. The minimum atomic E-state index is -0.763. The molecule has 6 nitrogen and oxygen atoms in total. The predicted octanol–water partition coefficient (Wildman–Crippen LogP) is 21.7. The summed E-state index contributed by atoms with van der Waals surface area (Å²) in [4.78, 5) is 38.3. The first-order valence-corrected chi connectivity index (χ1v) is 32.4. The molecule has 0 heterocycles. The number of carbonyl (C=O) groups is 3. The topological polar surface area (TPSA) is 78.9 Å². The van der Waals surface area contributed by atoms with E-state index in [1.807, 2.05) is 0 Å². The Balaban J connectivity index is 4.24. The van der Waals surface area contributed by atoms with Crippen LogP contribution in [0.25, 0.3) is 0 Å². The third kappa shape index (κ3) is 57.5. The van der Waals surface area contributed by atoms with Crippen molar-refractivity contribution in [1.82, 2.24) is 0 Å². The second-order valence-electron chi connectivity index (χ2n) is 22.6. The quantitative estimate of drug-likeness (QED) is 0.0343. The highest BCUT2D eigenvalue weighted by Crippen LogP contribution is 2.19. The third-order valence-corrected chi connectivity index (χ3v) is 15.4. The lowest BCUT2D eigenvalue weighted by atomic mass is 9.99. The van der Waals surface area contributed by atoms with Crippen LogP contribution in [-0.4, -0.2) is 37.2 Å². The van der Waals surface area contributed by atoms with Gasteiger partial charge in [0.2, 0.25) is 0 Å². The molecular weight excluding hydrogens is 877 g/mol. The average Bonchev–Trinajstić information content (AvgIpc) is 3.37. The summed E-state index contributed by atoms with van der Waals surface area (Å²) in [6.07, 6.45) is 66.7. The molecule has 0 fully saturated rings. The molecular formula is C65H126O6. The summed E-state index contributed by atoms with van der Waals surface area (Å²) in [5, 5.41) is 0. The van der Waals surface area contributed by atoms with Crippen LogP contribution < -0.4 is 0 Å². The number of ether oxygens (including phenoxy) is 3. The maximum Gasteiger partial charge on any atom is 0.306 e. The van der Waals surface area contributed by atoms with Crippen LogP contribution in [0.5, 0.6) is 0 Å². The SMILES string of the molecule is CCCCCCCCCCCCCCCCCCCCC(=O)OC[C@@H](COC(=O)CCCCCCCCCCCCCCC)OC(=O)CCCCCCCCCCCCCCCCCCCCC(C)CC. The van der Waals surface area contributed by atoms with Crippen LogP contribution in [0.3, 0.4) is 0 Å². The molecule has 6 heteroatoms. The van der Waals surface area contributed by atoms with Gasteiger partial charge in [0.15, 0.2) is 6.10 Å². The average molecular weight is 1000 g/mol. The fourth-order valence-corrected chi connectivity index (χ4v) is 10.1. The molecule has 0 bridgehead atoms. The fraction of sp³-hybridized carbons (Fsp3) is 0.954. The summed E-state index contributed by atoms with van der Waals surface area (Å²) in [5.41, 5.74) is 0. The van der Waals surface area contributed by atoms with E-state index in [-0.39, 0.29) is 31.1 Å². The maximum atomic E-state index is 12.9. The first-order valence-electron chi connectivity index (χ1n) is 32.4. The molecule has 0 N–H and O–H groups in total. The van der Waals surface area contributed by atoms with E-state index in [9.17, 15) is 14.4 Å². The number of unbranched alkanes of at least 4 members (excludes halogenated alkanes) is 46. The second kappa shape index (κ2) is 59.3. The number of hydrogen-bond donors (Lipinski definition) is 0. The highest BCUT2D eigenvalue weighted by molar-refractivity contribution is 5.71. The third-order valence-electron chi connectivity index (χ3n) is 15.4. The summed E-state index contributed by atoms with van der Waals surface area (Å²) in [7, 11) is 0. The van der Waals surface area contributed by atoms with Gasteiger partial charge >= 0.3 is 17.9 Å². The molecule has 0 aliphatic heterocycles. The van der Waals surface area contributed by atoms with Crippen LogP contribution in [0.4, 0.5) is 0 Å². The zero-order valence-electron chi connectivity index (χ0n) is 48.7. The maximum absolute atomic E-state index is 12.9. The Bertz CT molecular complexity index is 1080. The van der Waals surface area contributed by atoms with Crippen molar-refractivity contribution in [2.24, 2.45) is 5.92 Å². The smallest absolute Gasteiger partial charge is 0.306 e. The van der Waals surface area contributed by atoms with Gasteiger partial charge in [-0.25, -0.2) is 0 Å². The van der Waals surface area contributed by atoms with E-state index >= 15 is 0 Å². The Morgan fingerprint density at radius 1 is 0.282 bits per heavy atom. The molecule has 71 heavy (non-hydrogen) atoms. The van der Waals surface area contributed by atoms with Crippen LogP contribution in [0.15, 0.2) is 0 Å². The van der Waals surface area contributed by atoms with Gasteiger partial charge in [0.1, 0.15) is 13.2 Å². The van der Waals surface area contributed by atoms with Crippen LogP contribution in [0.1, 0.15) is 374 Å². The van der Waals surface area contributed by atoms with Crippen molar-refractivity contribution >= 4 is 17.9 Å². The highest BCUT2D eigenvalue weighted by Gasteiger charge is 2.19. The van der Waals surface area contributed by atoms with Gasteiger partial charge in [-0.3, -0.25) is 14.4 Å². The van der Waals surface area contributed by atoms with Crippen molar-refractivity contribution in [2.45, 2.75) is 381 Å². The van der Waals surface area contributed by atoms with Gasteiger partial charge < -0.3 is 14.2 Å². The van der Waals surface area contributed by atoms with Crippen molar-refractivity contribution < 1.29 is 28.6 Å². The van der Waals surface area contributed by atoms with E-state index in [1.165, 1.54) is 270 Å². The van der Waals surface area contributed by atoms with E-state index < -0.39 is 6.10 Å². The summed E-state index contributed by atoms with van der Waals surface area (Å²) >= 11 is 0. The molecule has 0 amide bonds. The Labute approximate surface area is 444 Å². The van der Waals surface area contributed by atoms with Crippen molar-refractivity contribution in [3.8, 4) is 0 Å². The molecule has 0 aromatic carbocycles. The van der Waals surface area contributed by atoms with Crippen LogP contribution >= 0.6 is 0 Å². The number of carbonyl (C=O) groups excluding carboxylic acids is 3. The van der Waals surface area contributed by atoms with Crippen LogP contribution in [0.2, 0.25) is 0 Å². The summed E-state index contributed by atoms with van der Waals surface area (Å²) in [5.74, 6) is 0.0822. The molecule has 0 saturated carbocycles. The molecule has 0 saturated heterocycles. The van der Waals surface area contributed by atoms with Crippen molar-refractivity contribution in [2.75, 3.05) is 13.2 Å². The molecule has 0 aliphatic rings. The molecule has 2 atom stereocenters. The first-order chi connectivity index (χ1) is 34.9. The van der Waals surface area contributed by atoms with Gasteiger partial charge in [-0.1, -0.05) is 336 Å². The van der Waals surface area contributed by atoms with Crippen LogP contribution in [0, 0.1) is 5.92 Å². The Hall–Kier alpha value is -1.59. The Morgan fingerprint density at radius 3 is 0.732 bits per heavy atom. The predicted molar refractivity (Wildman–Crippen MR) is 307 cm³/mol. The van der Waals surface area contributed by atoms with Crippen molar-refractivity contribution in [3.63, 3.8) is 0 Å². The first kappa shape index (κ1) is 69.4. The van der Waals surface area contributed by atoms with Crippen molar-refractivity contribution in [1.29, 1.82) is 0 Å². The molecule has 0 aromatic rings. The number of hydrogen-bond acceptors (Lipinski definition) is 6. The highest BCUT2D eigenvalue weighted by atomic mass is 16.6. The Kier molecular flexibility index (Phi) is 58.0. The molecule has 0 spiro atoms. The molecule has 0 radical (unpaired) electrons. The summed E-state index contributed by atoms with van der Waals surface area (Å²) < 4.78 is 17.0. The van der Waals surface area contributed by atoms with Gasteiger partial charge in [0.25, 0.3) is 0 Å². The lowest BCUT2D eigenvalue weighted by Crippen LogP contribution is -2.30. The zero-order valence-corrected chi connectivity index (χ0v) is 48.7. The zero-order chi connectivity index (χ0) is 51.6. The van der Waals surface area contributed by atoms with Gasteiger partial charge in [-0.2, -0.15) is 0 Å². The lowest BCUT2D eigenvalue weighted by Gasteiger charge is -2.18. The van der Waals surface area contributed by atoms with Gasteiger partial charge in [0, 0.05) is 19.3 Å². The van der Waals surface area contributed by atoms with E-state index in [2.05, 4.69) is 27.7 Å².